The topological polar surface area (TPSA) is 52.9 Å². The van der Waals surface area contributed by atoms with Crippen molar-refractivity contribution in [1.82, 2.24) is 5.32 Å². The highest BCUT2D eigenvalue weighted by atomic mass is 16.1. The van der Waals surface area contributed by atoms with Gasteiger partial charge in [-0.1, -0.05) is 17.7 Å². The summed E-state index contributed by atoms with van der Waals surface area (Å²) in [5, 5.41) is 11.2. The lowest BCUT2D eigenvalue weighted by molar-refractivity contribution is 0.0952. The number of hydrogen-bond donors (Lipinski definition) is 1. The predicted octanol–water partition coefficient (Wildman–Crippen LogP) is 2.34. The van der Waals surface area contributed by atoms with Crippen molar-refractivity contribution in [2.45, 2.75) is 26.7 Å². The summed E-state index contributed by atoms with van der Waals surface area (Å²) in [6.07, 6.45) is 1.18. The maximum atomic E-state index is 11.8. The lowest BCUT2D eigenvalue weighted by Crippen LogP contribution is -2.25. The summed E-state index contributed by atoms with van der Waals surface area (Å²) in [5.41, 5.74) is 2.77. The van der Waals surface area contributed by atoms with Gasteiger partial charge in [0.1, 0.15) is 0 Å². The third-order valence-electron chi connectivity index (χ3n) is 2.39. The number of unbranched alkanes of at least 4 members (excludes halogenated alkanes) is 1. The maximum Gasteiger partial charge on any atom is 0.251 e. The minimum Gasteiger partial charge on any atom is -0.352 e. The third-order valence-corrected chi connectivity index (χ3v) is 2.39. The predicted molar refractivity (Wildman–Crippen MR) is 63.1 cm³/mol. The van der Waals surface area contributed by atoms with E-state index in [0.29, 0.717) is 19.4 Å². The number of carbonyl (C=O) groups is 1. The van der Waals surface area contributed by atoms with Crippen LogP contribution in [0.15, 0.2) is 18.2 Å². The van der Waals surface area contributed by atoms with Gasteiger partial charge < -0.3 is 5.32 Å². The van der Waals surface area contributed by atoms with E-state index in [1.165, 1.54) is 0 Å². The van der Waals surface area contributed by atoms with Gasteiger partial charge in [0.25, 0.3) is 5.91 Å². The van der Waals surface area contributed by atoms with Gasteiger partial charge in [0, 0.05) is 18.5 Å². The Morgan fingerprint density at radius 2 is 2.19 bits per heavy atom. The normalized spacial score (nSPS) is 9.56. The number of hydrogen-bond acceptors (Lipinski definition) is 2. The summed E-state index contributed by atoms with van der Waals surface area (Å²) in [6.45, 7) is 4.44. The van der Waals surface area contributed by atoms with Crippen molar-refractivity contribution >= 4 is 5.91 Å². The SMILES string of the molecule is Cc1ccc(C)c(C(=O)NCCCC#N)c1. The van der Waals surface area contributed by atoms with Crippen molar-refractivity contribution in [2.75, 3.05) is 6.54 Å². The van der Waals surface area contributed by atoms with Gasteiger partial charge in [-0.3, -0.25) is 4.79 Å². The second kappa shape index (κ2) is 5.92. The molecule has 0 atom stereocenters. The Bertz CT molecular complexity index is 418. The molecule has 1 aromatic carbocycles. The first-order valence-electron chi connectivity index (χ1n) is 5.37. The van der Waals surface area contributed by atoms with Crippen LogP contribution >= 0.6 is 0 Å². The van der Waals surface area contributed by atoms with E-state index in [-0.39, 0.29) is 5.91 Å². The summed E-state index contributed by atoms with van der Waals surface area (Å²) >= 11 is 0. The molecule has 0 fully saturated rings. The smallest absolute Gasteiger partial charge is 0.251 e. The number of nitriles is 1. The van der Waals surface area contributed by atoms with E-state index < -0.39 is 0 Å². The molecule has 16 heavy (non-hydrogen) atoms. The Morgan fingerprint density at radius 1 is 1.44 bits per heavy atom. The number of benzene rings is 1. The van der Waals surface area contributed by atoms with Crippen LogP contribution in [0.1, 0.15) is 34.3 Å². The van der Waals surface area contributed by atoms with Crippen LogP contribution in [-0.4, -0.2) is 12.5 Å². The van der Waals surface area contributed by atoms with Crippen LogP contribution in [0.2, 0.25) is 0 Å². The van der Waals surface area contributed by atoms with Gasteiger partial charge >= 0.3 is 0 Å². The fourth-order valence-electron chi connectivity index (χ4n) is 1.45. The zero-order valence-corrected chi connectivity index (χ0v) is 9.71. The second-order valence-electron chi connectivity index (χ2n) is 3.84. The number of aryl methyl sites for hydroxylation is 2. The monoisotopic (exact) mass is 216 g/mol. The minimum atomic E-state index is -0.0564. The molecule has 1 amide bonds. The molecule has 1 rings (SSSR count). The average Bonchev–Trinajstić information content (AvgIpc) is 2.27. The number of rotatable bonds is 4. The first-order chi connectivity index (χ1) is 7.65. The summed E-state index contributed by atoms with van der Waals surface area (Å²) in [4.78, 5) is 11.8. The molecule has 0 bridgehead atoms. The molecule has 0 radical (unpaired) electrons. The van der Waals surface area contributed by atoms with Crippen molar-refractivity contribution in [3.63, 3.8) is 0 Å². The van der Waals surface area contributed by atoms with Crippen molar-refractivity contribution < 1.29 is 4.79 Å². The molecule has 0 saturated heterocycles. The largest absolute Gasteiger partial charge is 0.352 e. The Morgan fingerprint density at radius 3 is 2.88 bits per heavy atom. The van der Waals surface area contributed by atoms with Gasteiger partial charge in [-0.2, -0.15) is 5.26 Å². The van der Waals surface area contributed by atoms with E-state index in [2.05, 4.69) is 11.4 Å². The first-order valence-corrected chi connectivity index (χ1v) is 5.37. The maximum absolute atomic E-state index is 11.8. The van der Waals surface area contributed by atoms with E-state index in [9.17, 15) is 4.79 Å². The molecule has 3 heteroatoms. The molecule has 0 aliphatic rings. The van der Waals surface area contributed by atoms with Crippen LogP contribution in [-0.2, 0) is 0 Å². The fourth-order valence-corrected chi connectivity index (χ4v) is 1.45. The Kier molecular flexibility index (Phi) is 4.53. The molecule has 0 unspecified atom stereocenters. The van der Waals surface area contributed by atoms with E-state index in [0.717, 1.165) is 16.7 Å². The standard InChI is InChI=1S/C13H16N2O/c1-10-5-6-11(2)12(9-10)13(16)15-8-4-3-7-14/h5-6,9H,3-4,8H2,1-2H3,(H,15,16). The molecule has 3 nitrogen and oxygen atoms in total. The third kappa shape index (κ3) is 3.39. The molecular formula is C13H16N2O. The highest BCUT2D eigenvalue weighted by Crippen LogP contribution is 2.10. The highest BCUT2D eigenvalue weighted by molar-refractivity contribution is 5.95. The van der Waals surface area contributed by atoms with Gasteiger partial charge in [-0.25, -0.2) is 0 Å². The Labute approximate surface area is 96.1 Å². The van der Waals surface area contributed by atoms with Crippen LogP contribution in [0.4, 0.5) is 0 Å². The van der Waals surface area contributed by atoms with Crippen molar-refractivity contribution in [2.24, 2.45) is 0 Å². The molecule has 84 valence electrons. The first kappa shape index (κ1) is 12.3. The average molecular weight is 216 g/mol. The van der Waals surface area contributed by atoms with Crippen LogP contribution < -0.4 is 5.32 Å². The Balaban J connectivity index is 2.59. The van der Waals surface area contributed by atoms with E-state index >= 15 is 0 Å². The van der Waals surface area contributed by atoms with Gasteiger partial charge in [0.05, 0.1) is 6.07 Å². The molecule has 1 aromatic rings. The van der Waals surface area contributed by atoms with Crippen LogP contribution in [0, 0.1) is 25.2 Å². The van der Waals surface area contributed by atoms with Gasteiger partial charge in [-0.05, 0) is 31.9 Å². The van der Waals surface area contributed by atoms with Crippen LogP contribution in [0.25, 0.3) is 0 Å². The molecule has 0 aliphatic heterocycles. The lowest BCUT2D eigenvalue weighted by Gasteiger charge is -2.07. The number of nitrogens with zero attached hydrogens (tertiary/aromatic N) is 1. The molecule has 0 saturated carbocycles. The quantitative estimate of drug-likeness (QED) is 0.785. The van der Waals surface area contributed by atoms with E-state index in [1.807, 2.05) is 32.0 Å². The van der Waals surface area contributed by atoms with Crippen LogP contribution in [0.3, 0.4) is 0 Å². The number of carbonyl (C=O) groups excluding carboxylic acids is 1. The zero-order valence-electron chi connectivity index (χ0n) is 9.71. The van der Waals surface area contributed by atoms with E-state index in [4.69, 9.17) is 5.26 Å². The fraction of sp³-hybridized carbons (Fsp3) is 0.385. The molecule has 0 heterocycles. The molecule has 0 spiro atoms. The van der Waals surface area contributed by atoms with E-state index in [1.54, 1.807) is 0 Å². The van der Waals surface area contributed by atoms with Gasteiger partial charge in [-0.15, -0.1) is 0 Å². The van der Waals surface area contributed by atoms with Crippen molar-refractivity contribution in [1.29, 1.82) is 5.26 Å². The zero-order chi connectivity index (χ0) is 12.0. The van der Waals surface area contributed by atoms with Crippen molar-refractivity contribution in [3.8, 4) is 6.07 Å². The molecule has 0 aromatic heterocycles. The summed E-state index contributed by atoms with van der Waals surface area (Å²) in [6, 6.07) is 7.87. The summed E-state index contributed by atoms with van der Waals surface area (Å²) in [7, 11) is 0. The molecule has 1 N–H and O–H groups in total. The lowest BCUT2D eigenvalue weighted by atomic mass is 10.1. The Hall–Kier alpha value is -1.82. The van der Waals surface area contributed by atoms with Gasteiger partial charge in [0.15, 0.2) is 0 Å². The summed E-state index contributed by atoms with van der Waals surface area (Å²) in [5.74, 6) is -0.0564. The summed E-state index contributed by atoms with van der Waals surface area (Å²) < 4.78 is 0. The number of nitrogens with one attached hydrogen (secondary N) is 1. The van der Waals surface area contributed by atoms with Crippen molar-refractivity contribution in [3.05, 3.63) is 34.9 Å². The number of amides is 1. The molecule has 0 aliphatic carbocycles. The second-order valence-corrected chi connectivity index (χ2v) is 3.84. The van der Waals surface area contributed by atoms with Crippen LogP contribution in [0.5, 0.6) is 0 Å². The van der Waals surface area contributed by atoms with Gasteiger partial charge in [0.2, 0.25) is 0 Å². The highest BCUT2D eigenvalue weighted by Gasteiger charge is 2.07. The minimum absolute atomic E-state index is 0.0564. The molecular weight excluding hydrogens is 200 g/mol.